The Kier molecular flexibility index (Phi) is 2.92. The molecule has 1 aromatic carbocycles. The maximum Gasteiger partial charge on any atom is 0.372 e. The molecular formula is C12H13NO3. The maximum absolute atomic E-state index is 11.0. The smallest absolute Gasteiger partial charge is 0.372 e. The second-order valence-corrected chi connectivity index (χ2v) is 3.49. The van der Waals surface area contributed by atoms with Gasteiger partial charge in [0.05, 0.1) is 0 Å². The number of nitrogens with one attached hydrogen (secondary N) is 1. The Balaban J connectivity index is 2.55. The predicted molar refractivity (Wildman–Crippen MR) is 60.6 cm³/mol. The topological polar surface area (TPSA) is 62.5 Å². The Morgan fingerprint density at radius 1 is 1.44 bits per heavy atom. The van der Waals surface area contributed by atoms with Crippen LogP contribution in [0.2, 0.25) is 0 Å². The van der Waals surface area contributed by atoms with E-state index in [0.29, 0.717) is 17.7 Å². The molecule has 0 saturated heterocycles. The van der Waals surface area contributed by atoms with Crippen LogP contribution in [0, 0.1) is 0 Å². The van der Waals surface area contributed by atoms with Gasteiger partial charge in [-0.25, -0.2) is 4.79 Å². The van der Waals surface area contributed by atoms with Gasteiger partial charge in [-0.2, -0.15) is 0 Å². The van der Waals surface area contributed by atoms with Crippen molar-refractivity contribution in [3.05, 3.63) is 35.6 Å². The molecule has 0 bridgehead atoms. The number of rotatable bonds is 4. The third kappa shape index (κ3) is 1.79. The first-order valence-electron chi connectivity index (χ1n) is 5.18. The summed E-state index contributed by atoms with van der Waals surface area (Å²) < 4.78 is 5.32. The van der Waals surface area contributed by atoms with Crippen LogP contribution < -0.4 is 5.32 Å². The third-order valence-electron chi connectivity index (χ3n) is 2.44. The number of carbonyl (C=O) groups is 1. The fourth-order valence-electron chi connectivity index (χ4n) is 1.70. The molecule has 0 amide bonds. The molecule has 0 aliphatic carbocycles. The van der Waals surface area contributed by atoms with Crippen LogP contribution in [0.5, 0.6) is 0 Å². The predicted octanol–water partition coefficient (Wildman–Crippen LogP) is 2.24. The number of aromatic carboxylic acids is 1. The molecule has 0 radical (unpaired) electrons. The zero-order valence-electron chi connectivity index (χ0n) is 8.99. The number of furan rings is 1. The summed E-state index contributed by atoms with van der Waals surface area (Å²) in [6.45, 7) is 3.27. The van der Waals surface area contributed by atoms with Crippen molar-refractivity contribution in [3.8, 4) is 0 Å². The summed E-state index contributed by atoms with van der Waals surface area (Å²) in [5.41, 5.74) is 1.33. The molecule has 0 fully saturated rings. The van der Waals surface area contributed by atoms with Crippen molar-refractivity contribution >= 4 is 16.9 Å². The van der Waals surface area contributed by atoms with Crippen LogP contribution in [-0.2, 0) is 6.54 Å². The largest absolute Gasteiger partial charge is 0.475 e. The molecule has 2 aromatic rings. The summed E-state index contributed by atoms with van der Waals surface area (Å²) in [6, 6.07) is 7.35. The van der Waals surface area contributed by atoms with Gasteiger partial charge in [0.25, 0.3) is 0 Å². The Morgan fingerprint density at radius 2 is 2.19 bits per heavy atom. The summed E-state index contributed by atoms with van der Waals surface area (Å²) in [6.07, 6.45) is 0. The number of fused-ring (bicyclic) bond motifs is 1. The molecular weight excluding hydrogens is 206 g/mol. The van der Waals surface area contributed by atoms with Crippen LogP contribution in [0.1, 0.15) is 23.0 Å². The van der Waals surface area contributed by atoms with Crippen molar-refractivity contribution in [2.45, 2.75) is 13.5 Å². The lowest BCUT2D eigenvalue weighted by atomic mass is 10.1. The summed E-state index contributed by atoms with van der Waals surface area (Å²) in [4.78, 5) is 11.0. The number of hydrogen-bond acceptors (Lipinski definition) is 3. The Hall–Kier alpha value is -1.81. The number of hydrogen-bond donors (Lipinski definition) is 2. The zero-order valence-corrected chi connectivity index (χ0v) is 8.99. The SMILES string of the molecule is CCNCc1c(C(=O)O)oc2ccccc12. The standard InChI is InChI=1S/C12H13NO3/c1-2-13-7-9-8-5-3-4-6-10(8)16-11(9)12(14)15/h3-6,13H,2,7H2,1H3,(H,14,15). The van der Waals surface area contributed by atoms with Gasteiger partial charge in [0.2, 0.25) is 5.76 Å². The minimum atomic E-state index is -1.02. The van der Waals surface area contributed by atoms with Crippen molar-refractivity contribution < 1.29 is 14.3 Å². The molecule has 0 spiro atoms. The lowest BCUT2D eigenvalue weighted by Crippen LogP contribution is -2.13. The van der Waals surface area contributed by atoms with Crippen molar-refractivity contribution in [2.24, 2.45) is 0 Å². The Bertz CT molecular complexity index is 516. The van der Waals surface area contributed by atoms with Crippen LogP contribution in [-0.4, -0.2) is 17.6 Å². The molecule has 84 valence electrons. The minimum Gasteiger partial charge on any atom is -0.475 e. The van der Waals surface area contributed by atoms with Crippen molar-refractivity contribution in [2.75, 3.05) is 6.54 Å². The lowest BCUT2D eigenvalue weighted by Gasteiger charge is -2.00. The molecule has 1 aromatic heterocycles. The van der Waals surface area contributed by atoms with Gasteiger partial charge >= 0.3 is 5.97 Å². The van der Waals surface area contributed by atoms with Crippen LogP contribution in [0.3, 0.4) is 0 Å². The van der Waals surface area contributed by atoms with E-state index in [1.54, 1.807) is 6.07 Å². The quantitative estimate of drug-likeness (QED) is 0.827. The van der Waals surface area contributed by atoms with Gasteiger partial charge in [0.1, 0.15) is 5.58 Å². The van der Waals surface area contributed by atoms with Crippen molar-refractivity contribution in [1.29, 1.82) is 0 Å². The number of carboxylic acid groups (broad SMARTS) is 1. The second kappa shape index (κ2) is 4.37. The van der Waals surface area contributed by atoms with Crippen LogP contribution in [0.25, 0.3) is 11.0 Å². The summed E-state index contributed by atoms with van der Waals surface area (Å²) in [5.74, 6) is -0.994. The zero-order chi connectivity index (χ0) is 11.5. The van der Waals surface area contributed by atoms with Gasteiger partial charge in [-0.05, 0) is 12.6 Å². The first-order valence-corrected chi connectivity index (χ1v) is 5.18. The minimum absolute atomic E-state index is 0.0298. The van der Waals surface area contributed by atoms with Crippen LogP contribution in [0.4, 0.5) is 0 Å². The molecule has 4 nitrogen and oxygen atoms in total. The summed E-state index contributed by atoms with van der Waals surface area (Å²) >= 11 is 0. The van der Waals surface area contributed by atoms with Gasteiger partial charge in [-0.1, -0.05) is 25.1 Å². The van der Waals surface area contributed by atoms with E-state index < -0.39 is 5.97 Å². The Morgan fingerprint density at radius 3 is 2.88 bits per heavy atom. The van der Waals surface area contributed by atoms with Gasteiger partial charge in [0, 0.05) is 17.5 Å². The first kappa shape index (κ1) is 10.7. The van der Waals surface area contributed by atoms with E-state index in [1.807, 2.05) is 25.1 Å². The van der Waals surface area contributed by atoms with Gasteiger partial charge < -0.3 is 14.8 Å². The molecule has 16 heavy (non-hydrogen) atoms. The molecule has 2 N–H and O–H groups in total. The molecule has 0 aliphatic heterocycles. The molecule has 0 saturated carbocycles. The highest BCUT2D eigenvalue weighted by Gasteiger charge is 2.18. The van der Waals surface area contributed by atoms with E-state index in [9.17, 15) is 4.79 Å². The highest BCUT2D eigenvalue weighted by atomic mass is 16.4. The van der Waals surface area contributed by atoms with Crippen molar-refractivity contribution in [1.82, 2.24) is 5.32 Å². The molecule has 0 unspecified atom stereocenters. The van der Waals surface area contributed by atoms with E-state index in [-0.39, 0.29) is 5.76 Å². The first-order chi connectivity index (χ1) is 7.74. The molecule has 4 heteroatoms. The molecule has 1 heterocycles. The second-order valence-electron chi connectivity index (χ2n) is 3.49. The average Bonchev–Trinajstić information content (AvgIpc) is 2.65. The van der Waals surface area contributed by atoms with E-state index in [1.165, 1.54) is 0 Å². The van der Waals surface area contributed by atoms with E-state index >= 15 is 0 Å². The average molecular weight is 219 g/mol. The van der Waals surface area contributed by atoms with Crippen LogP contribution in [0.15, 0.2) is 28.7 Å². The Labute approximate surface area is 92.9 Å². The normalized spacial score (nSPS) is 10.8. The maximum atomic E-state index is 11.0. The van der Waals surface area contributed by atoms with Crippen LogP contribution >= 0.6 is 0 Å². The van der Waals surface area contributed by atoms with E-state index in [0.717, 1.165) is 11.9 Å². The number of carboxylic acids is 1. The van der Waals surface area contributed by atoms with Gasteiger partial charge in [0.15, 0.2) is 0 Å². The summed E-state index contributed by atoms with van der Waals surface area (Å²) in [5, 5.41) is 13.0. The van der Waals surface area contributed by atoms with E-state index in [2.05, 4.69) is 5.32 Å². The molecule has 0 atom stereocenters. The molecule has 0 aliphatic rings. The fraction of sp³-hybridized carbons (Fsp3) is 0.250. The van der Waals surface area contributed by atoms with Gasteiger partial charge in [-0.3, -0.25) is 0 Å². The van der Waals surface area contributed by atoms with E-state index in [4.69, 9.17) is 9.52 Å². The number of benzene rings is 1. The van der Waals surface area contributed by atoms with Gasteiger partial charge in [-0.15, -0.1) is 0 Å². The third-order valence-corrected chi connectivity index (χ3v) is 2.44. The fourth-order valence-corrected chi connectivity index (χ4v) is 1.70. The summed E-state index contributed by atoms with van der Waals surface area (Å²) in [7, 11) is 0. The highest BCUT2D eigenvalue weighted by molar-refractivity contribution is 5.95. The number of para-hydroxylation sites is 1. The van der Waals surface area contributed by atoms with Crippen molar-refractivity contribution in [3.63, 3.8) is 0 Å². The molecule has 2 rings (SSSR count). The lowest BCUT2D eigenvalue weighted by molar-refractivity contribution is 0.0663. The monoisotopic (exact) mass is 219 g/mol. The highest BCUT2D eigenvalue weighted by Crippen LogP contribution is 2.25.